The highest BCUT2D eigenvalue weighted by atomic mass is 35.5. The van der Waals surface area contributed by atoms with Crippen molar-refractivity contribution in [1.29, 1.82) is 0 Å². The molecule has 2 amide bonds. The minimum Gasteiger partial charge on any atom is -0.352 e. The number of carbonyl (C=O) groups excluding carboxylic acids is 2. The van der Waals surface area contributed by atoms with E-state index in [1.165, 1.54) is 18.2 Å². The zero-order chi connectivity index (χ0) is 17.5. The molecular formula is C18H18ClFN2O2. The van der Waals surface area contributed by atoms with Gasteiger partial charge in [-0.2, -0.15) is 0 Å². The molecule has 0 spiro atoms. The lowest BCUT2D eigenvalue weighted by Crippen LogP contribution is -2.26. The Balaban J connectivity index is 2.13. The summed E-state index contributed by atoms with van der Waals surface area (Å²) in [5.41, 5.74) is 0.868. The van der Waals surface area contributed by atoms with Crippen molar-refractivity contribution in [1.82, 2.24) is 5.32 Å². The number of nitrogens with one attached hydrogen (secondary N) is 2. The van der Waals surface area contributed by atoms with Gasteiger partial charge in [-0.1, -0.05) is 36.7 Å². The molecule has 0 aliphatic heterocycles. The van der Waals surface area contributed by atoms with E-state index >= 15 is 0 Å². The maximum absolute atomic E-state index is 13.8. The summed E-state index contributed by atoms with van der Waals surface area (Å²) < 4.78 is 13.8. The van der Waals surface area contributed by atoms with Crippen LogP contribution in [0.5, 0.6) is 0 Å². The van der Waals surface area contributed by atoms with Crippen LogP contribution in [0, 0.1) is 5.82 Å². The molecule has 0 aliphatic carbocycles. The molecule has 2 aromatic carbocycles. The number of carbonyl (C=O) groups is 2. The van der Waals surface area contributed by atoms with Crippen LogP contribution in [-0.2, 0) is 11.2 Å². The lowest BCUT2D eigenvalue weighted by Gasteiger charge is -2.12. The van der Waals surface area contributed by atoms with Crippen LogP contribution in [0.4, 0.5) is 10.1 Å². The maximum Gasteiger partial charge on any atom is 0.253 e. The van der Waals surface area contributed by atoms with E-state index in [9.17, 15) is 14.0 Å². The van der Waals surface area contributed by atoms with Crippen molar-refractivity contribution >= 4 is 29.1 Å². The fourth-order valence-corrected chi connectivity index (χ4v) is 2.41. The Morgan fingerprint density at radius 2 is 1.88 bits per heavy atom. The van der Waals surface area contributed by atoms with Gasteiger partial charge in [0, 0.05) is 17.1 Å². The van der Waals surface area contributed by atoms with Crippen LogP contribution in [0.25, 0.3) is 0 Å². The van der Waals surface area contributed by atoms with E-state index in [1.54, 1.807) is 24.3 Å². The largest absolute Gasteiger partial charge is 0.352 e. The van der Waals surface area contributed by atoms with Gasteiger partial charge in [-0.05, 0) is 30.7 Å². The Hall–Kier alpha value is -2.40. The van der Waals surface area contributed by atoms with Crippen LogP contribution >= 0.6 is 11.6 Å². The molecule has 126 valence electrons. The van der Waals surface area contributed by atoms with Gasteiger partial charge in [-0.25, -0.2) is 4.39 Å². The van der Waals surface area contributed by atoms with Gasteiger partial charge in [0.05, 0.1) is 17.7 Å². The minimum absolute atomic E-state index is 0.129. The van der Waals surface area contributed by atoms with Crippen molar-refractivity contribution in [3.8, 4) is 0 Å². The fourth-order valence-electron chi connectivity index (χ4n) is 2.18. The van der Waals surface area contributed by atoms with E-state index in [0.29, 0.717) is 17.8 Å². The Morgan fingerprint density at radius 1 is 1.12 bits per heavy atom. The molecule has 0 bridgehead atoms. The van der Waals surface area contributed by atoms with E-state index in [4.69, 9.17) is 11.6 Å². The van der Waals surface area contributed by atoms with Crippen molar-refractivity contribution in [3.63, 3.8) is 0 Å². The Kier molecular flexibility index (Phi) is 6.32. The van der Waals surface area contributed by atoms with Gasteiger partial charge in [-0.15, -0.1) is 0 Å². The normalized spacial score (nSPS) is 10.3. The van der Waals surface area contributed by atoms with Gasteiger partial charge in [0.2, 0.25) is 5.91 Å². The first-order chi connectivity index (χ1) is 11.5. The topological polar surface area (TPSA) is 58.2 Å². The number of hydrogen-bond acceptors (Lipinski definition) is 2. The number of halogens is 2. The first-order valence-electron chi connectivity index (χ1n) is 7.63. The molecule has 4 nitrogen and oxygen atoms in total. The van der Waals surface area contributed by atoms with Crippen molar-refractivity contribution in [2.24, 2.45) is 0 Å². The summed E-state index contributed by atoms with van der Waals surface area (Å²) in [6, 6.07) is 10.9. The summed E-state index contributed by atoms with van der Waals surface area (Å²) in [4.78, 5) is 24.3. The van der Waals surface area contributed by atoms with Crippen LogP contribution in [0.1, 0.15) is 29.3 Å². The standard InChI is InChI=1S/C18H18ClFN2O2/c1-2-10-21-18(24)12-6-3-4-9-16(12)22-17(23)11-13-14(19)7-5-8-15(13)20/h3-9H,2,10-11H2,1H3,(H,21,24)(H,22,23). The summed E-state index contributed by atoms with van der Waals surface area (Å²) in [5.74, 6) is -1.25. The van der Waals surface area contributed by atoms with E-state index in [0.717, 1.165) is 6.42 Å². The maximum atomic E-state index is 13.8. The summed E-state index contributed by atoms with van der Waals surface area (Å²) in [5, 5.41) is 5.60. The molecule has 2 aromatic rings. The molecule has 2 N–H and O–H groups in total. The lowest BCUT2D eigenvalue weighted by molar-refractivity contribution is -0.115. The first-order valence-corrected chi connectivity index (χ1v) is 8.00. The van der Waals surface area contributed by atoms with Gasteiger partial charge in [-0.3, -0.25) is 9.59 Å². The van der Waals surface area contributed by atoms with Crippen LogP contribution in [0.3, 0.4) is 0 Å². The molecule has 0 aliphatic rings. The monoisotopic (exact) mass is 348 g/mol. The quantitative estimate of drug-likeness (QED) is 0.834. The highest BCUT2D eigenvalue weighted by Crippen LogP contribution is 2.21. The predicted molar refractivity (Wildman–Crippen MR) is 92.8 cm³/mol. The highest BCUT2D eigenvalue weighted by molar-refractivity contribution is 6.31. The second kappa shape index (κ2) is 8.45. The summed E-state index contributed by atoms with van der Waals surface area (Å²) in [7, 11) is 0. The van der Waals surface area contributed by atoms with Gasteiger partial charge in [0.15, 0.2) is 0 Å². The van der Waals surface area contributed by atoms with Crippen molar-refractivity contribution in [2.75, 3.05) is 11.9 Å². The summed E-state index contributed by atoms with van der Waals surface area (Å²) in [6.45, 7) is 2.50. The van der Waals surface area contributed by atoms with E-state index in [-0.39, 0.29) is 22.9 Å². The van der Waals surface area contributed by atoms with Crippen molar-refractivity contribution in [2.45, 2.75) is 19.8 Å². The Morgan fingerprint density at radius 3 is 2.58 bits per heavy atom. The third-order valence-corrected chi connectivity index (χ3v) is 3.73. The van der Waals surface area contributed by atoms with E-state index in [1.807, 2.05) is 6.92 Å². The number of para-hydroxylation sites is 1. The molecule has 0 heterocycles. The first kappa shape index (κ1) is 17.9. The van der Waals surface area contributed by atoms with Gasteiger partial charge < -0.3 is 10.6 Å². The zero-order valence-electron chi connectivity index (χ0n) is 13.2. The number of hydrogen-bond donors (Lipinski definition) is 2. The molecule has 0 fully saturated rings. The predicted octanol–water partition coefficient (Wildman–Crippen LogP) is 3.80. The molecule has 0 radical (unpaired) electrons. The van der Waals surface area contributed by atoms with Crippen molar-refractivity contribution < 1.29 is 14.0 Å². The second-order valence-corrected chi connectivity index (χ2v) is 5.63. The van der Waals surface area contributed by atoms with E-state index < -0.39 is 11.7 Å². The smallest absolute Gasteiger partial charge is 0.253 e. The fraction of sp³-hybridized carbons (Fsp3) is 0.222. The number of benzene rings is 2. The number of amides is 2. The van der Waals surface area contributed by atoms with Gasteiger partial charge in [0.1, 0.15) is 5.82 Å². The molecular weight excluding hydrogens is 331 g/mol. The SMILES string of the molecule is CCCNC(=O)c1ccccc1NC(=O)Cc1c(F)cccc1Cl. The molecule has 24 heavy (non-hydrogen) atoms. The number of anilines is 1. The summed E-state index contributed by atoms with van der Waals surface area (Å²) in [6.07, 6.45) is 0.600. The molecule has 6 heteroatoms. The van der Waals surface area contributed by atoms with Gasteiger partial charge >= 0.3 is 0 Å². The second-order valence-electron chi connectivity index (χ2n) is 5.23. The molecule has 2 rings (SSSR count). The number of rotatable bonds is 6. The lowest BCUT2D eigenvalue weighted by atomic mass is 10.1. The highest BCUT2D eigenvalue weighted by Gasteiger charge is 2.15. The molecule has 0 unspecified atom stereocenters. The zero-order valence-corrected chi connectivity index (χ0v) is 14.0. The molecule has 0 atom stereocenters. The van der Waals surface area contributed by atoms with Gasteiger partial charge in [0.25, 0.3) is 5.91 Å². The summed E-state index contributed by atoms with van der Waals surface area (Å²) >= 11 is 5.93. The minimum atomic E-state index is -0.536. The van der Waals surface area contributed by atoms with Crippen LogP contribution < -0.4 is 10.6 Å². The van der Waals surface area contributed by atoms with Crippen LogP contribution in [0.2, 0.25) is 5.02 Å². The third-order valence-electron chi connectivity index (χ3n) is 3.38. The molecule has 0 aromatic heterocycles. The van der Waals surface area contributed by atoms with Crippen molar-refractivity contribution in [3.05, 3.63) is 64.4 Å². The average Bonchev–Trinajstić information content (AvgIpc) is 2.56. The molecule has 0 saturated carbocycles. The average molecular weight is 349 g/mol. The third kappa shape index (κ3) is 4.55. The Bertz CT molecular complexity index is 729. The van der Waals surface area contributed by atoms with Crippen LogP contribution in [-0.4, -0.2) is 18.4 Å². The Labute approximate surface area is 145 Å². The van der Waals surface area contributed by atoms with E-state index in [2.05, 4.69) is 10.6 Å². The van der Waals surface area contributed by atoms with Crippen LogP contribution in [0.15, 0.2) is 42.5 Å². The molecule has 0 saturated heterocycles.